The second kappa shape index (κ2) is 5.81. The molecule has 1 rings (SSSR count). The van der Waals surface area contributed by atoms with Crippen molar-refractivity contribution in [2.24, 2.45) is 5.92 Å². The molecule has 0 spiro atoms. The highest BCUT2D eigenvalue weighted by Gasteiger charge is 2.17. The summed E-state index contributed by atoms with van der Waals surface area (Å²) in [5.74, 6) is 0.602. The van der Waals surface area contributed by atoms with Gasteiger partial charge in [-0.25, -0.2) is 0 Å². The number of nitrogens with one attached hydrogen (secondary N) is 1. The molecule has 0 radical (unpaired) electrons. The quantitative estimate of drug-likeness (QED) is 0.681. The molecule has 0 aromatic rings. The van der Waals surface area contributed by atoms with Crippen molar-refractivity contribution < 1.29 is 4.79 Å². The van der Waals surface area contributed by atoms with Crippen LogP contribution in [0.4, 0.5) is 0 Å². The van der Waals surface area contributed by atoms with Gasteiger partial charge in [-0.3, -0.25) is 4.79 Å². The fraction of sp³-hybridized carbons (Fsp3) is 0.727. The van der Waals surface area contributed by atoms with E-state index in [-0.39, 0.29) is 5.91 Å². The molecule has 0 unspecified atom stereocenters. The maximum atomic E-state index is 10.9. The number of piperidine rings is 1. The van der Waals surface area contributed by atoms with Gasteiger partial charge in [0.05, 0.1) is 0 Å². The Morgan fingerprint density at radius 3 is 2.71 bits per heavy atom. The molecular weight excluding hydrogens is 176 g/mol. The zero-order valence-electron chi connectivity index (χ0n) is 8.96. The summed E-state index contributed by atoms with van der Waals surface area (Å²) in [6, 6.07) is 0. The molecule has 0 aromatic carbocycles. The molecule has 14 heavy (non-hydrogen) atoms. The average Bonchev–Trinajstić information content (AvgIpc) is 2.26. The maximum absolute atomic E-state index is 10.9. The molecule has 1 heterocycles. The van der Waals surface area contributed by atoms with Crippen LogP contribution in [0, 0.1) is 5.92 Å². The minimum Gasteiger partial charge on any atom is -0.352 e. The zero-order chi connectivity index (χ0) is 10.4. The molecule has 0 aromatic heterocycles. The fourth-order valence-corrected chi connectivity index (χ4v) is 1.82. The summed E-state index contributed by atoms with van der Waals surface area (Å²) in [5.41, 5.74) is 0. The van der Waals surface area contributed by atoms with Crippen molar-refractivity contribution in [2.75, 3.05) is 26.2 Å². The van der Waals surface area contributed by atoms with E-state index in [9.17, 15) is 4.79 Å². The van der Waals surface area contributed by atoms with E-state index in [2.05, 4.69) is 23.7 Å². The van der Waals surface area contributed by atoms with Crippen molar-refractivity contribution in [1.82, 2.24) is 10.2 Å². The van der Waals surface area contributed by atoms with Crippen LogP contribution >= 0.6 is 0 Å². The number of likely N-dealkylation sites (tertiary alicyclic amines) is 1. The number of amides is 1. The van der Waals surface area contributed by atoms with Gasteiger partial charge < -0.3 is 10.2 Å². The number of carbonyl (C=O) groups excluding carboxylic acids is 1. The van der Waals surface area contributed by atoms with Gasteiger partial charge in [-0.15, -0.1) is 0 Å². The van der Waals surface area contributed by atoms with Gasteiger partial charge in [0.1, 0.15) is 0 Å². The standard InChI is InChI=1S/C11H20N2O/c1-3-11(14)12-9-10-5-7-13(4-2)8-6-10/h3,10H,1,4-9H2,2H3,(H,12,14). The second-order valence-electron chi connectivity index (χ2n) is 3.83. The van der Waals surface area contributed by atoms with E-state index >= 15 is 0 Å². The Labute approximate surface area is 86.2 Å². The number of hydrogen-bond donors (Lipinski definition) is 1. The number of nitrogens with zero attached hydrogens (tertiary/aromatic N) is 1. The van der Waals surface area contributed by atoms with E-state index in [1.807, 2.05) is 0 Å². The van der Waals surface area contributed by atoms with Crippen molar-refractivity contribution in [2.45, 2.75) is 19.8 Å². The summed E-state index contributed by atoms with van der Waals surface area (Å²) in [5, 5.41) is 2.86. The Morgan fingerprint density at radius 2 is 2.21 bits per heavy atom. The van der Waals surface area contributed by atoms with Crippen LogP contribution in [0.1, 0.15) is 19.8 Å². The summed E-state index contributed by atoms with van der Waals surface area (Å²) in [6.07, 6.45) is 3.73. The molecule has 0 saturated carbocycles. The molecule has 0 atom stereocenters. The van der Waals surface area contributed by atoms with Gasteiger partial charge in [-0.2, -0.15) is 0 Å². The molecule has 1 saturated heterocycles. The van der Waals surface area contributed by atoms with Gasteiger partial charge in [-0.1, -0.05) is 13.5 Å². The van der Waals surface area contributed by atoms with Gasteiger partial charge in [0.25, 0.3) is 0 Å². The Hall–Kier alpha value is -0.830. The van der Waals surface area contributed by atoms with Crippen LogP contribution in [-0.2, 0) is 4.79 Å². The van der Waals surface area contributed by atoms with Crippen LogP contribution in [0.5, 0.6) is 0 Å². The SMILES string of the molecule is C=CC(=O)NCC1CCN(CC)CC1. The van der Waals surface area contributed by atoms with Crippen molar-refractivity contribution in [3.8, 4) is 0 Å². The number of hydrogen-bond acceptors (Lipinski definition) is 2. The van der Waals surface area contributed by atoms with E-state index in [1.54, 1.807) is 0 Å². The molecule has 1 aliphatic heterocycles. The molecule has 0 bridgehead atoms. The van der Waals surface area contributed by atoms with E-state index < -0.39 is 0 Å². The Kier molecular flexibility index (Phi) is 4.66. The first kappa shape index (κ1) is 11.2. The third-order valence-electron chi connectivity index (χ3n) is 2.90. The van der Waals surface area contributed by atoms with E-state index in [4.69, 9.17) is 0 Å². The maximum Gasteiger partial charge on any atom is 0.243 e. The van der Waals surface area contributed by atoms with Crippen LogP contribution in [0.15, 0.2) is 12.7 Å². The Bertz CT molecular complexity index is 195. The molecule has 80 valence electrons. The lowest BCUT2D eigenvalue weighted by Gasteiger charge is -2.30. The highest BCUT2D eigenvalue weighted by molar-refractivity contribution is 5.86. The first-order valence-corrected chi connectivity index (χ1v) is 5.39. The minimum absolute atomic E-state index is 0.0529. The molecular formula is C11H20N2O. The lowest BCUT2D eigenvalue weighted by molar-refractivity contribution is -0.116. The molecule has 3 heteroatoms. The van der Waals surface area contributed by atoms with Gasteiger partial charge in [-0.05, 0) is 44.5 Å². The third-order valence-corrected chi connectivity index (χ3v) is 2.90. The predicted octanol–water partition coefficient (Wildman–Crippen LogP) is 1.02. The van der Waals surface area contributed by atoms with Crippen LogP contribution in [0.3, 0.4) is 0 Å². The summed E-state index contributed by atoms with van der Waals surface area (Å²) in [4.78, 5) is 13.4. The molecule has 1 fully saturated rings. The minimum atomic E-state index is -0.0529. The lowest BCUT2D eigenvalue weighted by Crippen LogP contribution is -2.38. The second-order valence-corrected chi connectivity index (χ2v) is 3.83. The Balaban J connectivity index is 2.16. The first-order chi connectivity index (χ1) is 6.76. The van der Waals surface area contributed by atoms with Crippen LogP contribution in [0.25, 0.3) is 0 Å². The largest absolute Gasteiger partial charge is 0.352 e. The highest BCUT2D eigenvalue weighted by Crippen LogP contribution is 2.15. The van der Waals surface area contributed by atoms with Crippen molar-refractivity contribution in [3.05, 3.63) is 12.7 Å². The van der Waals surface area contributed by atoms with E-state index in [0.29, 0.717) is 5.92 Å². The van der Waals surface area contributed by atoms with Crippen LogP contribution in [-0.4, -0.2) is 37.0 Å². The van der Waals surface area contributed by atoms with Crippen molar-refractivity contribution in [1.29, 1.82) is 0 Å². The van der Waals surface area contributed by atoms with Gasteiger partial charge in [0.15, 0.2) is 0 Å². The normalized spacial score (nSPS) is 19.2. The third kappa shape index (κ3) is 3.50. The molecule has 1 N–H and O–H groups in total. The van der Waals surface area contributed by atoms with Gasteiger partial charge in [0, 0.05) is 6.54 Å². The topological polar surface area (TPSA) is 32.3 Å². The highest BCUT2D eigenvalue weighted by atomic mass is 16.1. The number of rotatable bonds is 4. The molecule has 1 aliphatic rings. The fourth-order valence-electron chi connectivity index (χ4n) is 1.82. The summed E-state index contributed by atoms with van der Waals surface area (Å²) in [7, 11) is 0. The zero-order valence-corrected chi connectivity index (χ0v) is 8.96. The molecule has 1 amide bonds. The van der Waals surface area contributed by atoms with Crippen molar-refractivity contribution in [3.63, 3.8) is 0 Å². The summed E-state index contributed by atoms with van der Waals surface area (Å²) in [6.45, 7) is 9.92. The number of carbonyl (C=O) groups is 1. The first-order valence-electron chi connectivity index (χ1n) is 5.39. The summed E-state index contributed by atoms with van der Waals surface area (Å²) < 4.78 is 0. The van der Waals surface area contributed by atoms with Gasteiger partial charge >= 0.3 is 0 Å². The Morgan fingerprint density at radius 1 is 1.57 bits per heavy atom. The molecule has 0 aliphatic carbocycles. The summed E-state index contributed by atoms with van der Waals surface area (Å²) >= 11 is 0. The molecule has 3 nitrogen and oxygen atoms in total. The van der Waals surface area contributed by atoms with Gasteiger partial charge in [0.2, 0.25) is 5.91 Å². The van der Waals surface area contributed by atoms with E-state index in [1.165, 1.54) is 32.0 Å². The van der Waals surface area contributed by atoms with Crippen molar-refractivity contribution >= 4 is 5.91 Å². The van der Waals surface area contributed by atoms with E-state index in [0.717, 1.165) is 13.1 Å². The van der Waals surface area contributed by atoms with Crippen LogP contribution in [0.2, 0.25) is 0 Å². The monoisotopic (exact) mass is 196 g/mol. The predicted molar refractivity (Wildman–Crippen MR) is 58.0 cm³/mol. The average molecular weight is 196 g/mol. The smallest absolute Gasteiger partial charge is 0.243 e. The van der Waals surface area contributed by atoms with Crippen LogP contribution < -0.4 is 5.32 Å². The lowest BCUT2D eigenvalue weighted by atomic mass is 9.97.